The third-order valence-corrected chi connectivity index (χ3v) is 3.19. The number of ether oxygens (including phenoxy) is 1. The van der Waals surface area contributed by atoms with Crippen LogP contribution in [-0.4, -0.2) is 26.3 Å². The number of azide groups is 1. The molecule has 1 heterocycles. The molecule has 0 atom stereocenters. The molecule has 0 radical (unpaired) electrons. The van der Waals surface area contributed by atoms with Crippen molar-refractivity contribution in [3.8, 4) is 0 Å². The molecule has 1 saturated heterocycles. The van der Waals surface area contributed by atoms with Crippen LogP contribution in [0.5, 0.6) is 0 Å². The quantitative estimate of drug-likeness (QED) is 0.489. The third kappa shape index (κ3) is 3.12. The van der Waals surface area contributed by atoms with Gasteiger partial charge < -0.3 is 9.64 Å². The Balaban J connectivity index is 2.27. The molecule has 5 nitrogen and oxygen atoms in total. The Hall–Kier alpha value is -1.23. The lowest BCUT2D eigenvalue weighted by Gasteiger charge is -2.30. The number of benzene rings is 1. The summed E-state index contributed by atoms with van der Waals surface area (Å²) in [4.78, 5) is 5.08. The molecule has 1 aliphatic heterocycles. The molecule has 0 unspecified atom stereocenters. The van der Waals surface area contributed by atoms with Crippen molar-refractivity contribution in [3.05, 3.63) is 38.7 Å². The molecule has 0 spiro atoms. The first kappa shape index (κ1) is 12.2. The van der Waals surface area contributed by atoms with Gasteiger partial charge in [-0.15, -0.1) is 0 Å². The van der Waals surface area contributed by atoms with Gasteiger partial charge in [0.15, 0.2) is 0 Å². The number of morpholine rings is 1. The normalized spacial score (nSPS) is 15.5. The lowest BCUT2D eigenvalue weighted by molar-refractivity contribution is 0.122. The van der Waals surface area contributed by atoms with Crippen molar-refractivity contribution in [2.75, 3.05) is 31.2 Å². The Bertz CT molecular complexity index is 439. The molecule has 6 heteroatoms. The van der Waals surface area contributed by atoms with Gasteiger partial charge in [0, 0.05) is 28.2 Å². The average Bonchev–Trinajstić information content (AvgIpc) is 2.37. The fourth-order valence-electron chi connectivity index (χ4n) is 1.90. The van der Waals surface area contributed by atoms with Gasteiger partial charge in [-0.05, 0) is 29.3 Å². The molecule has 1 fully saturated rings. The van der Waals surface area contributed by atoms with E-state index in [9.17, 15) is 0 Å². The summed E-state index contributed by atoms with van der Waals surface area (Å²) in [5.74, 6) is 0. The Morgan fingerprint density at radius 2 is 2.18 bits per heavy atom. The minimum atomic E-state index is 0.378. The van der Waals surface area contributed by atoms with E-state index >= 15 is 0 Å². The van der Waals surface area contributed by atoms with Crippen molar-refractivity contribution >= 4 is 21.6 Å². The van der Waals surface area contributed by atoms with Gasteiger partial charge in [0.1, 0.15) is 0 Å². The van der Waals surface area contributed by atoms with E-state index in [-0.39, 0.29) is 0 Å². The van der Waals surface area contributed by atoms with Gasteiger partial charge in [-0.3, -0.25) is 0 Å². The van der Waals surface area contributed by atoms with E-state index in [2.05, 4.69) is 36.9 Å². The van der Waals surface area contributed by atoms with Crippen molar-refractivity contribution in [3.63, 3.8) is 0 Å². The first-order chi connectivity index (χ1) is 8.31. The molecule has 0 amide bonds. The first-order valence-electron chi connectivity index (χ1n) is 5.43. The van der Waals surface area contributed by atoms with Crippen molar-refractivity contribution in [2.24, 2.45) is 5.11 Å². The van der Waals surface area contributed by atoms with E-state index in [1.807, 2.05) is 12.1 Å². The lowest BCUT2D eigenvalue weighted by atomic mass is 10.1. The molecular weight excluding hydrogens is 284 g/mol. The standard InChI is InChI=1S/C11H13BrN4O/c12-10-1-2-11(9(7-10)8-14-15-13)16-3-5-17-6-4-16/h1-2,7H,3-6,8H2. The maximum Gasteiger partial charge on any atom is 0.0642 e. The van der Waals surface area contributed by atoms with Crippen LogP contribution in [0, 0.1) is 0 Å². The third-order valence-electron chi connectivity index (χ3n) is 2.70. The van der Waals surface area contributed by atoms with E-state index in [0.717, 1.165) is 42.0 Å². The first-order valence-corrected chi connectivity index (χ1v) is 6.22. The van der Waals surface area contributed by atoms with Crippen molar-refractivity contribution in [1.82, 2.24) is 0 Å². The van der Waals surface area contributed by atoms with Crippen molar-refractivity contribution in [2.45, 2.75) is 6.54 Å². The number of rotatable bonds is 3. The minimum Gasteiger partial charge on any atom is -0.378 e. The molecule has 0 aliphatic carbocycles. The molecule has 1 aromatic rings. The fraction of sp³-hybridized carbons (Fsp3) is 0.455. The molecular formula is C11H13BrN4O. The van der Waals surface area contributed by atoms with Crippen LogP contribution in [0.15, 0.2) is 27.8 Å². The largest absolute Gasteiger partial charge is 0.378 e. The van der Waals surface area contributed by atoms with Crippen LogP contribution in [0.1, 0.15) is 5.56 Å². The topological polar surface area (TPSA) is 61.2 Å². The molecule has 17 heavy (non-hydrogen) atoms. The number of hydrogen-bond acceptors (Lipinski definition) is 3. The lowest BCUT2D eigenvalue weighted by Crippen LogP contribution is -2.36. The van der Waals surface area contributed by atoms with Crippen LogP contribution in [0.25, 0.3) is 10.4 Å². The molecule has 0 N–H and O–H groups in total. The predicted octanol–water partition coefficient (Wildman–Crippen LogP) is 3.10. The molecule has 90 valence electrons. The number of anilines is 1. The van der Waals surface area contributed by atoms with Crippen LogP contribution >= 0.6 is 15.9 Å². The maximum absolute atomic E-state index is 8.41. The van der Waals surface area contributed by atoms with E-state index in [0.29, 0.717) is 6.54 Å². The zero-order valence-electron chi connectivity index (χ0n) is 9.34. The SMILES string of the molecule is [N-]=[N+]=NCc1cc(Br)ccc1N1CCOCC1. The summed E-state index contributed by atoms with van der Waals surface area (Å²) < 4.78 is 6.33. The average molecular weight is 297 g/mol. The predicted molar refractivity (Wildman–Crippen MR) is 70.0 cm³/mol. The Morgan fingerprint density at radius 1 is 1.41 bits per heavy atom. The number of hydrogen-bond donors (Lipinski definition) is 0. The summed E-state index contributed by atoms with van der Waals surface area (Å²) in [6.07, 6.45) is 0. The summed E-state index contributed by atoms with van der Waals surface area (Å²) in [6.45, 7) is 3.63. The highest BCUT2D eigenvalue weighted by Gasteiger charge is 2.14. The maximum atomic E-state index is 8.41. The molecule has 0 aromatic heterocycles. The van der Waals surface area contributed by atoms with Crippen LogP contribution in [0.3, 0.4) is 0 Å². The minimum absolute atomic E-state index is 0.378. The summed E-state index contributed by atoms with van der Waals surface area (Å²) in [5.41, 5.74) is 10.6. The second kappa shape index (κ2) is 5.91. The highest BCUT2D eigenvalue weighted by molar-refractivity contribution is 9.10. The zero-order chi connectivity index (χ0) is 12.1. The molecule has 1 aromatic carbocycles. The van der Waals surface area contributed by atoms with Gasteiger partial charge in [0.05, 0.1) is 19.8 Å². The van der Waals surface area contributed by atoms with Crippen LogP contribution in [-0.2, 0) is 11.3 Å². The highest BCUT2D eigenvalue weighted by Crippen LogP contribution is 2.26. The van der Waals surface area contributed by atoms with Crippen LogP contribution in [0.4, 0.5) is 5.69 Å². The van der Waals surface area contributed by atoms with E-state index in [1.54, 1.807) is 0 Å². The second-order valence-electron chi connectivity index (χ2n) is 3.76. The van der Waals surface area contributed by atoms with E-state index in [4.69, 9.17) is 10.3 Å². The van der Waals surface area contributed by atoms with Crippen molar-refractivity contribution < 1.29 is 4.74 Å². The van der Waals surface area contributed by atoms with E-state index in [1.165, 1.54) is 0 Å². The molecule has 0 saturated carbocycles. The molecule has 2 rings (SSSR count). The summed E-state index contributed by atoms with van der Waals surface area (Å²) in [5, 5.41) is 3.64. The Labute approximate surface area is 108 Å². The fourth-order valence-corrected chi connectivity index (χ4v) is 2.31. The molecule has 0 bridgehead atoms. The van der Waals surface area contributed by atoms with Gasteiger partial charge in [0.25, 0.3) is 0 Å². The van der Waals surface area contributed by atoms with Gasteiger partial charge in [-0.25, -0.2) is 0 Å². The monoisotopic (exact) mass is 296 g/mol. The zero-order valence-corrected chi connectivity index (χ0v) is 10.9. The number of halogens is 1. The van der Waals surface area contributed by atoms with E-state index < -0.39 is 0 Å². The second-order valence-corrected chi connectivity index (χ2v) is 4.68. The van der Waals surface area contributed by atoms with Crippen LogP contribution < -0.4 is 4.90 Å². The summed E-state index contributed by atoms with van der Waals surface area (Å²) in [7, 11) is 0. The van der Waals surface area contributed by atoms with Crippen molar-refractivity contribution in [1.29, 1.82) is 0 Å². The smallest absolute Gasteiger partial charge is 0.0642 e. The van der Waals surface area contributed by atoms with Crippen LogP contribution in [0.2, 0.25) is 0 Å². The Morgan fingerprint density at radius 3 is 2.88 bits per heavy atom. The van der Waals surface area contributed by atoms with Gasteiger partial charge in [-0.1, -0.05) is 21.0 Å². The summed E-state index contributed by atoms with van der Waals surface area (Å²) >= 11 is 3.43. The van der Waals surface area contributed by atoms with Gasteiger partial charge >= 0.3 is 0 Å². The molecule has 1 aliphatic rings. The van der Waals surface area contributed by atoms with Gasteiger partial charge in [0.2, 0.25) is 0 Å². The van der Waals surface area contributed by atoms with Gasteiger partial charge in [-0.2, -0.15) is 0 Å². The highest BCUT2D eigenvalue weighted by atomic mass is 79.9. The summed E-state index contributed by atoms with van der Waals surface area (Å²) in [6, 6.07) is 6.06. The number of nitrogens with zero attached hydrogens (tertiary/aromatic N) is 4. The Kier molecular flexibility index (Phi) is 4.25.